The molecular weight excluding hydrogens is 266 g/mol. The summed E-state index contributed by atoms with van der Waals surface area (Å²) >= 11 is 0. The van der Waals surface area contributed by atoms with E-state index in [-0.39, 0.29) is 11.5 Å². The molecule has 1 aromatic rings. The van der Waals surface area contributed by atoms with E-state index in [4.69, 9.17) is 9.84 Å². The van der Waals surface area contributed by atoms with Gasteiger partial charge in [0.2, 0.25) is 10.0 Å². The van der Waals surface area contributed by atoms with Crippen LogP contribution in [0.15, 0.2) is 35.2 Å². The lowest BCUT2D eigenvalue weighted by molar-refractivity contribution is 0.281. The van der Waals surface area contributed by atoms with Crippen molar-refractivity contribution in [3.63, 3.8) is 0 Å². The van der Waals surface area contributed by atoms with Crippen molar-refractivity contribution in [1.82, 2.24) is 4.31 Å². The van der Waals surface area contributed by atoms with Crippen LogP contribution in [0.5, 0.6) is 5.75 Å². The molecule has 0 fully saturated rings. The highest BCUT2D eigenvalue weighted by Gasteiger charge is 2.27. The Hall–Kier alpha value is -1.37. The molecule has 19 heavy (non-hydrogen) atoms. The highest BCUT2D eigenvalue weighted by molar-refractivity contribution is 7.89. The number of ether oxygens (including phenoxy) is 1. The van der Waals surface area contributed by atoms with Crippen molar-refractivity contribution in [2.75, 3.05) is 20.2 Å². The van der Waals surface area contributed by atoms with Gasteiger partial charge < -0.3 is 9.84 Å². The van der Waals surface area contributed by atoms with Crippen molar-refractivity contribution >= 4 is 10.0 Å². The molecule has 0 amide bonds. The Morgan fingerprint density at radius 3 is 2.74 bits per heavy atom. The van der Waals surface area contributed by atoms with Crippen molar-refractivity contribution in [2.24, 2.45) is 0 Å². The van der Waals surface area contributed by atoms with E-state index in [9.17, 15) is 8.42 Å². The number of rotatable bonds is 4. The SMILES string of the molecule is COc1ccc(CO)cc1S(=O)(=O)N1CC=CCC1. The van der Waals surface area contributed by atoms with E-state index >= 15 is 0 Å². The van der Waals surface area contributed by atoms with Gasteiger partial charge in [0.25, 0.3) is 0 Å². The van der Waals surface area contributed by atoms with Crippen LogP contribution in [0.3, 0.4) is 0 Å². The van der Waals surface area contributed by atoms with Crippen molar-refractivity contribution in [3.8, 4) is 5.75 Å². The van der Waals surface area contributed by atoms with E-state index in [1.807, 2.05) is 12.2 Å². The van der Waals surface area contributed by atoms with E-state index in [2.05, 4.69) is 0 Å². The fourth-order valence-corrected chi connectivity index (χ4v) is 3.61. The Morgan fingerprint density at radius 1 is 1.37 bits per heavy atom. The summed E-state index contributed by atoms with van der Waals surface area (Å²) in [6.45, 7) is 0.632. The zero-order valence-electron chi connectivity index (χ0n) is 10.7. The molecule has 2 rings (SSSR count). The molecule has 6 heteroatoms. The molecule has 0 aromatic heterocycles. The van der Waals surface area contributed by atoms with Crippen LogP contribution in [0, 0.1) is 0 Å². The number of hydrogen-bond donors (Lipinski definition) is 1. The Labute approximate surface area is 113 Å². The summed E-state index contributed by atoms with van der Waals surface area (Å²) in [6, 6.07) is 4.68. The number of benzene rings is 1. The lowest BCUT2D eigenvalue weighted by atomic mass is 10.2. The molecule has 0 radical (unpaired) electrons. The average molecular weight is 283 g/mol. The van der Waals surface area contributed by atoms with Gasteiger partial charge in [-0.25, -0.2) is 8.42 Å². The molecule has 0 aliphatic carbocycles. The molecule has 0 bridgehead atoms. The van der Waals surface area contributed by atoms with Gasteiger partial charge in [0.1, 0.15) is 10.6 Å². The van der Waals surface area contributed by atoms with E-state index in [1.54, 1.807) is 12.1 Å². The molecule has 5 nitrogen and oxygen atoms in total. The van der Waals surface area contributed by atoms with Crippen LogP contribution in [0.2, 0.25) is 0 Å². The van der Waals surface area contributed by atoms with E-state index in [0.717, 1.165) is 0 Å². The number of aliphatic hydroxyl groups excluding tert-OH is 1. The number of methoxy groups -OCH3 is 1. The minimum Gasteiger partial charge on any atom is -0.495 e. The fourth-order valence-electron chi connectivity index (χ4n) is 2.00. The van der Waals surface area contributed by atoms with Crippen molar-refractivity contribution in [3.05, 3.63) is 35.9 Å². The second kappa shape index (κ2) is 5.73. The van der Waals surface area contributed by atoms with Gasteiger partial charge in [0.05, 0.1) is 13.7 Å². The van der Waals surface area contributed by atoms with Crippen LogP contribution in [0.1, 0.15) is 12.0 Å². The molecule has 0 saturated heterocycles. The van der Waals surface area contributed by atoms with Gasteiger partial charge in [0, 0.05) is 13.1 Å². The van der Waals surface area contributed by atoms with Crippen LogP contribution in [0.4, 0.5) is 0 Å². The normalized spacial score (nSPS) is 16.5. The Kier molecular flexibility index (Phi) is 4.24. The smallest absolute Gasteiger partial charge is 0.247 e. The monoisotopic (exact) mass is 283 g/mol. The third-order valence-electron chi connectivity index (χ3n) is 3.05. The Bertz CT molecular complexity index is 580. The first kappa shape index (κ1) is 14.0. The van der Waals surface area contributed by atoms with Gasteiger partial charge in [0.15, 0.2) is 0 Å². The first-order chi connectivity index (χ1) is 9.09. The summed E-state index contributed by atoms with van der Waals surface area (Å²) in [5.41, 5.74) is 0.548. The summed E-state index contributed by atoms with van der Waals surface area (Å²) in [5, 5.41) is 9.14. The first-order valence-electron chi connectivity index (χ1n) is 6.02. The standard InChI is InChI=1S/C13H17NO4S/c1-18-12-6-5-11(10-15)9-13(12)19(16,17)14-7-3-2-4-8-14/h2-3,5-6,9,15H,4,7-8,10H2,1H3. The molecule has 0 unspecified atom stereocenters. The maximum Gasteiger partial charge on any atom is 0.247 e. The molecule has 1 aliphatic heterocycles. The molecule has 0 saturated carbocycles. The van der Waals surface area contributed by atoms with E-state index < -0.39 is 10.0 Å². The van der Waals surface area contributed by atoms with Crippen LogP contribution in [0.25, 0.3) is 0 Å². The number of nitrogens with zero attached hydrogens (tertiary/aromatic N) is 1. The maximum atomic E-state index is 12.6. The molecule has 0 atom stereocenters. The predicted molar refractivity (Wildman–Crippen MR) is 71.4 cm³/mol. The fraction of sp³-hybridized carbons (Fsp3) is 0.385. The summed E-state index contributed by atoms with van der Waals surface area (Å²) in [4.78, 5) is 0.108. The third kappa shape index (κ3) is 2.80. The second-order valence-corrected chi connectivity index (χ2v) is 6.17. The van der Waals surface area contributed by atoms with Gasteiger partial charge in [-0.2, -0.15) is 4.31 Å². The topological polar surface area (TPSA) is 66.8 Å². The largest absolute Gasteiger partial charge is 0.495 e. The average Bonchev–Trinajstić information content (AvgIpc) is 2.47. The zero-order valence-corrected chi connectivity index (χ0v) is 11.6. The lowest BCUT2D eigenvalue weighted by Gasteiger charge is -2.24. The molecular formula is C13H17NO4S. The highest BCUT2D eigenvalue weighted by Crippen LogP contribution is 2.28. The van der Waals surface area contributed by atoms with Crippen molar-refractivity contribution in [1.29, 1.82) is 0 Å². The van der Waals surface area contributed by atoms with Gasteiger partial charge in [-0.3, -0.25) is 0 Å². The Balaban J connectivity index is 2.46. The summed E-state index contributed by atoms with van der Waals surface area (Å²) in [7, 11) is -2.16. The molecule has 1 N–H and O–H groups in total. The summed E-state index contributed by atoms with van der Waals surface area (Å²) < 4.78 is 31.7. The van der Waals surface area contributed by atoms with E-state index in [1.165, 1.54) is 17.5 Å². The number of hydrogen-bond acceptors (Lipinski definition) is 4. The molecule has 1 aromatic carbocycles. The minimum absolute atomic E-state index is 0.108. The van der Waals surface area contributed by atoms with Crippen LogP contribution < -0.4 is 4.74 Å². The second-order valence-electron chi connectivity index (χ2n) is 4.27. The maximum absolute atomic E-state index is 12.6. The van der Waals surface area contributed by atoms with Crippen molar-refractivity contribution < 1.29 is 18.3 Å². The molecule has 104 valence electrons. The zero-order chi connectivity index (χ0) is 13.9. The predicted octanol–water partition coefficient (Wildman–Crippen LogP) is 1.14. The highest BCUT2D eigenvalue weighted by atomic mass is 32.2. The van der Waals surface area contributed by atoms with Gasteiger partial charge >= 0.3 is 0 Å². The minimum atomic E-state index is -3.59. The Morgan fingerprint density at radius 2 is 2.16 bits per heavy atom. The lowest BCUT2D eigenvalue weighted by Crippen LogP contribution is -2.34. The summed E-state index contributed by atoms with van der Waals surface area (Å²) in [6.07, 6.45) is 4.51. The number of sulfonamides is 1. The van der Waals surface area contributed by atoms with Gasteiger partial charge in [-0.15, -0.1) is 0 Å². The van der Waals surface area contributed by atoms with Crippen molar-refractivity contribution in [2.45, 2.75) is 17.9 Å². The van der Waals surface area contributed by atoms with Crippen LogP contribution >= 0.6 is 0 Å². The van der Waals surface area contributed by atoms with E-state index in [0.29, 0.717) is 30.8 Å². The quantitative estimate of drug-likeness (QED) is 0.841. The first-order valence-corrected chi connectivity index (χ1v) is 7.46. The van der Waals surface area contributed by atoms with Gasteiger partial charge in [-0.1, -0.05) is 18.2 Å². The molecule has 0 spiro atoms. The molecule has 1 heterocycles. The molecule has 1 aliphatic rings. The van der Waals surface area contributed by atoms with Crippen LogP contribution in [-0.4, -0.2) is 38.0 Å². The van der Waals surface area contributed by atoms with Gasteiger partial charge in [-0.05, 0) is 24.1 Å². The summed E-state index contributed by atoms with van der Waals surface area (Å²) in [5.74, 6) is 0.298. The third-order valence-corrected chi connectivity index (χ3v) is 4.94. The number of aliphatic hydroxyl groups is 1. The van der Waals surface area contributed by atoms with Crippen LogP contribution in [-0.2, 0) is 16.6 Å².